The highest BCUT2D eigenvalue weighted by atomic mass is 16.3. The molecule has 5 rings (SSSR count). The Balaban J connectivity index is 1.56. The van der Waals surface area contributed by atoms with Gasteiger partial charge in [-0.25, -0.2) is 0 Å². The van der Waals surface area contributed by atoms with Crippen molar-refractivity contribution >= 4 is 28.6 Å². The van der Waals surface area contributed by atoms with Crippen molar-refractivity contribution in [2.24, 2.45) is 4.99 Å². The fourth-order valence-electron chi connectivity index (χ4n) is 3.86. The van der Waals surface area contributed by atoms with Gasteiger partial charge in [0.25, 0.3) is 0 Å². The SMILES string of the molecule is CN(C)c1ccc(C=Nc2ccc3c(-c4ccccc4)c(-c4ccccc4)oc3c2)cc1. The quantitative estimate of drug-likeness (QED) is 0.276. The van der Waals surface area contributed by atoms with Crippen molar-refractivity contribution in [1.82, 2.24) is 0 Å². The average Bonchev–Trinajstić information content (AvgIpc) is 3.23. The summed E-state index contributed by atoms with van der Waals surface area (Å²) in [5.74, 6) is 0.882. The predicted octanol–water partition coefficient (Wildman–Crippen LogP) is 7.58. The number of aliphatic imine (C=N–C) groups is 1. The first-order valence-electron chi connectivity index (χ1n) is 10.7. The van der Waals surface area contributed by atoms with Gasteiger partial charge in [0.2, 0.25) is 0 Å². The predicted molar refractivity (Wildman–Crippen MR) is 135 cm³/mol. The first kappa shape index (κ1) is 19.8. The Kier molecular flexibility index (Phi) is 5.30. The molecule has 0 amide bonds. The van der Waals surface area contributed by atoms with Crippen LogP contribution in [0.1, 0.15) is 5.56 Å². The minimum absolute atomic E-state index is 0.834. The van der Waals surface area contributed by atoms with Crippen molar-refractivity contribution in [1.29, 1.82) is 0 Å². The standard InChI is InChI=1S/C29H24N2O/c1-31(2)25-16-13-21(14-17-25)20-30-24-15-18-26-27(19-24)32-29(23-11-7-4-8-12-23)28(26)22-9-5-3-6-10-22/h3-20H,1-2H3. The van der Waals surface area contributed by atoms with Crippen LogP contribution in [0, 0.1) is 0 Å². The van der Waals surface area contributed by atoms with Crippen molar-refractivity contribution in [3.63, 3.8) is 0 Å². The van der Waals surface area contributed by atoms with Gasteiger partial charge >= 0.3 is 0 Å². The molecule has 0 radical (unpaired) electrons. The molecular weight excluding hydrogens is 392 g/mol. The van der Waals surface area contributed by atoms with Gasteiger partial charge in [0, 0.05) is 48.6 Å². The number of hydrogen-bond acceptors (Lipinski definition) is 3. The van der Waals surface area contributed by atoms with E-state index < -0.39 is 0 Å². The van der Waals surface area contributed by atoms with E-state index in [4.69, 9.17) is 4.42 Å². The molecule has 32 heavy (non-hydrogen) atoms. The maximum atomic E-state index is 6.40. The summed E-state index contributed by atoms with van der Waals surface area (Å²) in [7, 11) is 4.07. The lowest BCUT2D eigenvalue weighted by atomic mass is 9.98. The van der Waals surface area contributed by atoms with Gasteiger partial charge in [-0.15, -0.1) is 0 Å². The van der Waals surface area contributed by atoms with Gasteiger partial charge in [-0.1, -0.05) is 72.8 Å². The summed E-state index contributed by atoms with van der Waals surface area (Å²) in [4.78, 5) is 6.77. The Hall–Kier alpha value is -4.11. The van der Waals surface area contributed by atoms with E-state index in [1.165, 1.54) is 5.69 Å². The number of furan rings is 1. The number of rotatable bonds is 5. The Morgan fingerprint density at radius 2 is 1.38 bits per heavy atom. The van der Waals surface area contributed by atoms with E-state index in [1.807, 2.05) is 56.7 Å². The lowest BCUT2D eigenvalue weighted by molar-refractivity contribution is 0.632. The molecule has 3 heteroatoms. The highest BCUT2D eigenvalue weighted by molar-refractivity contribution is 6.02. The van der Waals surface area contributed by atoms with Gasteiger partial charge in [-0.3, -0.25) is 4.99 Å². The molecule has 0 atom stereocenters. The highest BCUT2D eigenvalue weighted by Gasteiger charge is 2.17. The van der Waals surface area contributed by atoms with Crippen LogP contribution in [0.2, 0.25) is 0 Å². The zero-order valence-electron chi connectivity index (χ0n) is 18.2. The molecule has 4 aromatic carbocycles. The van der Waals surface area contributed by atoms with E-state index in [0.29, 0.717) is 0 Å². The smallest absolute Gasteiger partial charge is 0.143 e. The van der Waals surface area contributed by atoms with Gasteiger partial charge in [-0.05, 0) is 35.4 Å². The van der Waals surface area contributed by atoms with Gasteiger partial charge in [0.15, 0.2) is 0 Å². The van der Waals surface area contributed by atoms with E-state index in [1.54, 1.807) is 0 Å². The van der Waals surface area contributed by atoms with Crippen LogP contribution in [-0.4, -0.2) is 20.3 Å². The van der Waals surface area contributed by atoms with Crippen LogP contribution in [0.5, 0.6) is 0 Å². The van der Waals surface area contributed by atoms with Crippen LogP contribution in [-0.2, 0) is 0 Å². The maximum absolute atomic E-state index is 6.40. The highest BCUT2D eigenvalue weighted by Crippen LogP contribution is 2.41. The van der Waals surface area contributed by atoms with Crippen LogP contribution in [0.4, 0.5) is 11.4 Å². The molecule has 0 N–H and O–H groups in total. The molecule has 0 aliphatic carbocycles. The van der Waals surface area contributed by atoms with Crippen LogP contribution in [0.25, 0.3) is 33.4 Å². The molecule has 3 nitrogen and oxygen atoms in total. The first-order valence-corrected chi connectivity index (χ1v) is 10.7. The zero-order chi connectivity index (χ0) is 21.9. The van der Waals surface area contributed by atoms with E-state index in [9.17, 15) is 0 Å². The molecule has 1 aromatic heterocycles. The van der Waals surface area contributed by atoms with Gasteiger partial charge in [-0.2, -0.15) is 0 Å². The minimum atomic E-state index is 0.834. The Morgan fingerprint density at radius 1 is 0.719 bits per heavy atom. The summed E-state index contributed by atoms with van der Waals surface area (Å²) in [5.41, 5.74) is 7.24. The summed E-state index contributed by atoms with van der Waals surface area (Å²) in [6.07, 6.45) is 1.89. The summed E-state index contributed by atoms with van der Waals surface area (Å²) in [5, 5.41) is 1.09. The molecule has 0 unspecified atom stereocenters. The van der Waals surface area contributed by atoms with E-state index in [0.717, 1.165) is 44.7 Å². The van der Waals surface area contributed by atoms with Gasteiger partial charge in [0.1, 0.15) is 11.3 Å². The van der Waals surface area contributed by atoms with Crippen molar-refractivity contribution in [3.05, 3.63) is 109 Å². The number of fused-ring (bicyclic) bond motifs is 1. The molecule has 0 aliphatic heterocycles. The third-order valence-electron chi connectivity index (χ3n) is 5.54. The van der Waals surface area contributed by atoms with E-state index >= 15 is 0 Å². The molecule has 0 fully saturated rings. The molecule has 0 bridgehead atoms. The average molecular weight is 417 g/mol. The number of anilines is 1. The van der Waals surface area contributed by atoms with Crippen molar-refractivity contribution in [2.75, 3.05) is 19.0 Å². The lowest BCUT2D eigenvalue weighted by Crippen LogP contribution is -2.08. The molecule has 1 heterocycles. The molecule has 156 valence electrons. The molecule has 0 saturated carbocycles. The Bertz CT molecular complexity index is 1370. The summed E-state index contributed by atoms with van der Waals surface area (Å²) >= 11 is 0. The molecule has 0 aliphatic rings. The minimum Gasteiger partial charge on any atom is -0.455 e. The summed E-state index contributed by atoms with van der Waals surface area (Å²) < 4.78 is 6.40. The third-order valence-corrected chi connectivity index (χ3v) is 5.54. The van der Waals surface area contributed by atoms with Crippen LogP contribution >= 0.6 is 0 Å². The zero-order valence-corrected chi connectivity index (χ0v) is 18.2. The molecule has 5 aromatic rings. The monoisotopic (exact) mass is 416 g/mol. The second-order valence-corrected chi connectivity index (χ2v) is 7.96. The lowest BCUT2D eigenvalue weighted by Gasteiger charge is -2.11. The third kappa shape index (κ3) is 3.93. The fourth-order valence-corrected chi connectivity index (χ4v) is 3.86. The molecule has 0 spiro atoms. The number of nitrogens with zero attached hydrogens (tertiary/aromatic N) is 2. The maximum Gasteiger partial charge on any atom is 0.143 e. The summed E-state index contributed by atoms with van der Waals surface area (Å²) in [6, 6.07) is 35.2. The van der Waals surface area contributed by atoms with Gasteiger partial charge in [0.05, 0.1) is 5.69 Å². The van der Waals surface area contributed by atoms with Crippen LogP contribution in [0.3, 0.4) is 0 Å². The summed E-state index contributed by atoms with van der Waals surface area (Å²) in [6.45, 7) is 0. The van der Waals surface area contributed by atoms with E-state index in [2.05, 4.69) is 76.6 Å². The molecular formula is C29H24N2O. The normalized spacial score (nSPS) is 11.3. The number of hydrogen-bond donors (Lipinski definition) is 0. The van der Waals surface area contributed by atoms with Gasteiger partial charge < -0.3 is 9.32 Å². The molecule has 0 saturated heterocycles. The second kappa shape index (κ2) is 8.56. The first-order chi connectivity index (χ1) is 15.7. The van der Waals surface area contributed by atoms with Crippen molar-refractivity contribution in [3.8, 4) is 22.5 Å². The van der Waals surface area contributed by atoms with Crippen molar-refractivity contribution < 1.29 is 4.42 Å². The largest absolute Gasteiger partial charge is 0.455 e. The topological polar surface area (TPSA) is 28.7 Å². The fraction of sp³-hybridized carbons (Fsp3) is 0.0690. The Labute approximate surface area is 188 Å². The second-order valence-electron chi connectivity index (χ2n) is 7.96. The van der Waals surface area contributed by atoms with Crippen LogP contribution < -0.4 is 4.90 Å². The van der Waals surface area contributed by atoms with E-state index in [-0.39, 0.29) is 0 Å². The Morgan fingerprint density at radius 3 is 2.03 bits per heavy atom. The number of benzene rings is 4. The van der Waals surface area contributed by atoms with Crippen LogP contribution in [0.15, 0.2) is 113 Å². The van der Waals surface area contributed by atoms with Crippen molar-refractivity contribution in [2.45, 2.75) is 0 Å².